The Morgan fingerprint density at radius 1 is 1.63 bits per heavy atom. The molecule has 1 aromatic rings. The van der Waals surface area contributed by atoms with E-state index < -0.39 is 5.54 Å². The predicted molar refractivity (Wildman–Crippen MR) is 74.7 cm³/mol. The van der Waals surface area contributed by atoms with Gasteiger partial charge in [-0.25, -0.2) is 4.98 Å². The first-order chi connectivity index (χ1) is 8.92. The van der Waals surface area contributed by atoms with Gasteiger partial charge < -0.3 is 15.6 Å². The van der Waals surface area contributed by atoms with Gasteiger partial charge in [-0.05, 0) is 26.2 Å². The van der Waals surface area contributed by atoms with Gasteiger partial charge in [0, 0.05) is 30.9 Å². The Bertz CT molecular complexity index is 450. The first-order valence-corrected chi connectivity index (χ1v) is 7.01. The fourth-order valence-corrected chi connectivity index (χ4v) is 2.30. The van der Waals surface area contributed by atoms with Crippen molar-refractivity contribution in [2.45, 2.75) is 64.1 Å². The Balaban J connectivity index is 2.01. The number of hydrogen-bond acceptors (Lipinski definition) is 3. The summed E-state index contributed by atoms with van der Waals surface area (Å²) in [6.07, 6.45) is 6.75. The molecule has 0 bridgehead atoms. The van der Waals surface area contributed by atoms with E-state index in [1.165, 1.54) is 0 Å². The molecular formula is C14H24N4O. The molecule has 0 saturated heterocycles. The second kappa shape index (κ2) is 5.33. The zero-order valence-corrected chi connectivity index (χ0v) is 12.0. The quantitative estimate of drug-likeness (QED) is 0.781. The highest BCUT2D eigenvalue weighted by atomic mass is 16.1. The largest absolute Gasteiger partial charge is 0.368 e. The molecule has 0 spiro atoms. The monoisotopic (exact) mass is 264 g/mol. The Morgan fingerprint density at radius 3 is 2.84 bits per heavy atom. The van der Waals surface area contributed by atoms with Crippen molar-refractivity contribution in [1.82, 2.24) is 14.9 Å². The van der Waals surface area contributed by atoms with Crippen molar-refractivity contribution in [2.75, 3.05) is 0 Å². The molecule has 3 N–H and O–H groups in total. The maximum Gasteiger partial charge on any atom is 0.237 e. The van der Waals surface area contributed by atoms with E-state index in [4.69, 9.17) is 5.73 Å². The van der Waals surface area contributed by atoms with Gasteiger partial charge in [-0.3, -0.25) is 4.79 Å². The van der Waals surface area contributed by atoms with Gasteiger partial charge in [-0.2, -0.15) is 0 Å². The normalized spacial score (nSPS) is 18.5. The van der Waals surface area contributed by atoms with Crippen LogP contribution in [-0.2, 0) is 11.3 Å². The molecule has 5 nitrogen and oxygen atoms in total. The smallest absolute Gasteiger partial charge is 0.237 e. The fraction of sp³-hybridized carbons (Fsp3) is 0.714. The number of aromatic nitrogens is 2. The highest BCUT2D eigenvalue weighted by molar-refractivity contribution is 5.84. The first-order valence-electron chi connectivity index (χ1n) is 7.01. The van der Waals surface area contributed by atoms with Gasteiger partial charge >= 0.3 is 0 Å². The molecule has 1 amide bonds. The predicted octanol–water partition coefficient (Wildman–Crippen LogP) is 1.39. The van der Waals surface area contributed by atoms with Crippen LogP contribution in [0.2, 0.25) is 0 Å². The van der Waals surface area contributed by atoms with Crippen LogP contribution >= 0.6 is 0 Å². The number of carbonyl (C=O) groups is 1. The lowest BCUT2D eigenvalue weighted by Crippen LogP contribution is -2.54. The molecule has 19 heavy (non-hydrogen) atoms. The van der Waals surface area contributed by atoms with E-state index >= 15 is 0 Å². The zero-order chi connectivity index (χ0) is 14.0. The van der Waals surface area contributed by atoms with Crippen molar-refractivity contribution in [1.29, 1.82) is 0 Å². The van der Waals surface area contributed by atoms with E-state index in [1.807, 2.05) is 19.3 Å². The van der Waals surface area contributed by atoms with Crippen molar-refractivity contribution in [3.63, 3.8) is 0 Å². The number of hydrogen-bond donors (Lipinski definition) is 2. The minimum atomic E-state index is -0.625. The molecule has 1 aliphatic rings. The molecule has 0 aliphatic heterocycles. The van der Waals surface area contributed by atoms with Crippen LogP contribution in [0.3, 0.4) is 0 Å². The van der Waals surface area contributed by atoms with Crippen LogP contribution in [0.1, 0.15) is 51.8 Å². The van der Waals surface area contributed by atoms with Crippen LogP contribution in [0, 0.1) is 0 Å². The first kappa shape index (κ1) is 14.1. The highest BCUT2D eigenvalue weighted by Gasteiger charge is 2.36. The topological polar surface area (TPSA) is 72.9 Å². The summed E-state index contributed by atoms with van der Waals surface area (Å²) >= 11 is 0. The number of amides is 1. The number of nitrogens with two attached hydrogens (primary N) is 1. The van der Waals surface area contributed by atoms with Crippen LogP contribution in [0.4, 0.5) is 0 Å². The van der Waals surface area contributed by atoms with Crippen LogP contribution in [0.15, 0.2) is 12.4 Å². The van der Waals surface area contributed by atoms with Gasteiger partial charge in [0.05, 0.1) is 5.54 Å². The van der Waals surface area contributed by atoms with Crippen LogP contribution < -0.4 is 11.1 Å². The third-order valence-corrected chi connectivity index (χ3v) is 3.76. The van der Waals surface area contributed by atoms with Crippen molar-refractivity contribution in [3.8, 4) is 0 Å². The van der Waals surface area contributed by atoms with E-state index in [2.05, 4.69) is 28.7 Å². The zero-order valence-electron chi connectivity index (χ0n) is 12.0. The maximum absolute atomic E-state index is 11.7. The molecule has 1 fully saturated rings. The molecule has 0 aromatic carbocycles. The summed E-state index contributed by atoms with van der Waals surface area (Å²) in [5, 5.41) is 3.37. The van der Waals surface area contributed by atoms with Gasteiger partial charge in [0.2, 0.25) is 5.91 Å². The van der Waals surface area contributed by atoms with E-state index in [9.17, 15) is 4.79 Å². The minimum Gasteiger partial charge on any atom is -0.368 e. The van der Waals surface area contributed by atoms with E-state index in [1.54, 1.807) is 0 Å². The number of primary amides is 1. The number of aryl methyl sites for hydroxylation is 1. The summed E-state index contributed by atoms with van der Waals surface area (Å²) in [7, 11) is 0. The lowest BCUT2D eigenvalue weighted by Gasteiger charge is -2.28. The van der Waals surface area contributed by atoms with Crippen molar-refractivity contribution in [2.24, 2.45) is 5.73 Å². The van der Waals surface area contributed by atoms with E-state index in [-0.39, 0.29) is 5.91 Å². The molecule has 5 heteroatoms. The molecular weight excluding hydrogens is 240 g/mol. The van der Waals surface area contributed by atoms with Crippen molar-refractivity contribution < 1.29 is 4.79 Å². The summed E-state index contributed by atoms with van der Waals surface area (Å²) < 4.78 is 2.11. The second-order valence-corrected chi connectivity index (χ2v) is 6.00. The lowest BCUT2D eigenvalue weighted by atomic mass is 9.96. The number of nitrogens with one attached hydrogen (secondary N) is 1. The molecule has 1 atom stereocenters. The minimum absolute atomic E-state index is 0.273. The molecule has 1 aromatic heterocycles. The lowest BCUT2D eigenvalue weighted by molar-refractivity contribution is -0.124. The Morgan fingerprint density at radius 2 is 2.32 bits per heavy atom. The number of rotatable bonds is 7. The molecule has 1 unspecified atom stereocenters. The van der Waals surface area contributed by atoms with Crippen LogP contribution in [0.5, 0.6) is 0 Å². The third kappa shape index (κ3) is 3.35. The number of imidazole rings is 1. The molecule has 1 saturated carbocycles. The Kier molecular flexibility index (Phi) is 3.94. The standard InChI is InChI=1S/C14H24N4O/c1-10(2)12-16-7-9-18(12)8-6-14(3,13(15)19)17-11-4-5-11/h7,9-11,17H,4-6,8H2,1-3H3,(H2,15,19). The van der Waals surface area contributed by atoms with Crippen molar-refractivity contribution >= 4 is 5.91 Å². The Hall–Kier alpha value is -1.36. The third-order valence-electron chi connectivity index (χ3n) is 3.76. The van der Waals surface area contributed by atoms with Gasteiger partial charge in [-0.1, -0.05) is 13.8 Å². The van der Waals surface area contributed by atoms with Gasteiger partial charge in [0.25, 0.3) is 0 Å². The average Bonchev–Trinajstić information content (AvgIpc) is 3.00. The molecule has 0 radical (unpaired) electrons. The van der Waals surface area contributed by atoms with Crippen molar-refractivity contribution in [3.05, 3.63) is 18.2 Å². The van der Waals surface area contributed by atoms with Gasteiger partial charge in [-0.15, -0.1) is 0 Å². The van der Waals surface area contributed by atoms with Crippen LogP contribution in [-0.4, -0.2) is 27.0 Å². The van der Waals surface area contributed by atoms with Crippen LogP contribution in [0.25, 0.3) is 0 Å². The van der Waals surface area contributed by atoms with E-state index in [0.29, 0.717) is 18.4 Å². The molecule has 106 valence electrons. The fourth-order valence-electron chi connectivity index (χ4n) is 2.30. The highest BCUT2D eigenvalue weighted by Crippen LogP contribution is 2.24. The average molecular weight is 264 g/mol. The summed E-state index contributed by atoms with van der Waals surface area (Å²) in [6.45, 7) is 6.90. The summed E-state index contributed by atoms with van der Waals surface area (Å²) in [5.74, 6) is 1.16. The molecule has 1 heterocycles. The van der Waals surface area contributed by atoms with Gasteiger partial charge in [0.1, 0.15) is 5.82 Å². The van der Waals surface area contributed by atoms with E-state index in [0.717, 1.165) is 25.2 Å². The number of nitrogens with zero attached hydrogens (tertiary/aromatic N) is 2. The Labute approximate surface area is 114 Å². The molecule has 1 aliphatic carbocycles. The molecule has 2 rings (SSSR count). The van der Waals surface area contributed by atoms with Gasteiger partial charge in [0.15, 0.2) is 0 Å². The summed E-state index contributed by atoms with van der Waals surface area (Å²) in [6, 6.07) is 0.463. The maximum atomic E-state index is 11.7. The SMILES string of the molecule is CC(C)c1nccn1CCC(C)(NC1CC1)C(N)=O. The summed E-state index contributed by atoms with van der Waals surface area (Å²) in [4.78, 5) is 16.1. The second-order valence-electron chi connectivity index (χ2n) is 6.00. The number of carbonyl (C=O) groups excluding carboxylic acids is 1. The summed E-state index contributed by atoms with van der Waals surface area (Å²) in [5.41, 5.74) is 4.93.